The van der Waals surface area contributed by atoms with E-state index < -0.39 is 45.3 Å². The van der Waals surface area contributed by atoms with E-state index in [1.165, 1.54) is 0 Å². The van der Waals surface area contributed by atoms with Crippen LogP contribution in [0.15, 0.2) is 128 Å². The van der Waals surface area contributed by atoms with Crippen molar-refractivity contribution in [3.05, 3.63) is 133 Å². The van der Waals surface area contributed by atoms with Crippen molar-refractivity contribution < 1.29 is 37.9 Å². The summed E-state index contributed by atoms with van der Waals surface area (Å²) in [6.07, 6.45) is 0.923. The molecule has 3 atom stereocenters. The Kier molecular flexibility index (Phi) is 13.6. The summed E-state index contributed by atoms with van der Waals surface area (Å²) in [4.78, 5) is 71.9. The second-order valence-corrected chi connectivity index (χ2v) is 24.8. The van der Waals surface area contributed by atoms with E-state index in [1.54, 1.807) is 35.2 Å². The van der Waals surface area contributed by atoms with Crippen LogP contribution in [0.1, 0.15) is 57.3 Å². The smallest absolute Gasteiger partial charge is 0.416 e. The Morgan fingerprint density at radius 1 is 0.867 bits per heavy atom. The highest BCUT2D eigenvalue weighted by Crippen LogP contribution is 2.51. The number of nitrogens with zero attached hydrogens (tertiary/aromatic N) is 2. The molecule has 0 spiro atoms. The third kappa shape index (κ3) is 8.90. The van der Waals surface area contributed by atoms with Crippen molar-refractivity contribution in [2.45, 2.75) is 77.2 Å². The van der Waals surface area contributed by atoms with Gasteiger partial charge >= 0.3 is 6.09 Å². The maximum atomic E-state index is 15.2. The van der Waals surface area contributed by atoms with Crippen LogP contribution in [0.2, 0.25) is 18.1 Å². The van der Waals surface area contributed by atoms with Gasteiger partial charge in [-0.15, -0.1) is 6.58 Å². The van der Waals surface area contributed by atoms with E-state index in [2.05, 4.69) is 40.4 Å². The van der Waals surface area contributed by atoms with E-state index in [0.29, 0.717) is 23.2 Å². The summed E-state index contributed by atoms with van der Waals surface area (Å²) in [6, 6.07) is 35.5. The van der Waals surface area contributed by atoms with Crippen LogP contribution in [0.4, 0.5) is 4.79 Å². The Bertz CT molecular complexity index is 2170. The zero-order chi connectivity index (χ0) is 43.2. The minimum Gasteiger partial charge on any atom is -0.484 e. The third-order valence-corrected chi connectivity index (χ3v) is 20.7. The third-order valence-electron chi connectivity index (χ3n) is 11.9. The molecule has 2 fully saturated rings. The van der Waals surface area contributed by atoms with Gasteiger partial charge in [-0.3, -0.25) is 19.2 Å². The Morgan fingerprint density at radius 2 is 1.40 bits per heavy atom. The van der Waals surface area contributed by atoms with Crippen molar-refractivity contribution >= 4 is 66.0 Å². The maximum absolute atomic E-state index is 15.2. The molecule has 10 nitrogen and oxygen atoms in total. The second kappa shape index (κ2) is 18.5. The number of ketones is 2. The van der Waals surface area contributed by atoms with Gasteiger partial charge in [-0.1, -0.05) is 118 Å². The molecule has 0 aliphatic carbocycles. The van der Waals surface area contributed by atoms with E-state index in [-0.39, 0.29) is 55.1 Å². The standard InChI is InChI=1S/C48H55N2O8PSi/c1-8-9-25-41(51)46(59(37-19-13-10-14-20-37,38-21-15-11-16-22-38)39-23-17-12-18-24-39)50-40(44(45(50)54)34(2)58-60(6,7)48(3,4)5)32-42(52)35-26-28-36(29-27-35)57-33-43(53)49-30-31-56-47(49)55/h8,10-24,26-29,34,40,44H,1,9,25,30-33H2,2-7H3/t34-,40-,44-/m1/s1. The fourth-order valence-electron chi connectivity index (χ4n) is 7.76. The molecule has 2 aliphatic heterocycles. The second-order valence-electron chi connectivity index (χ2n) is 16.7. The van der Waals surface area contributed by atoms with Crippen molar-refractivity contribution in [2.75, 3.05) is 19.8 Å². The summed E-state index contributed by atoms with van der Waals surface area (Å²) in [5.74, 6) is -1.55. The number of rotatable bonds is 17. The Morgan fingerprint density at radius 3 is 1.87 bits per heavy atom. The lowest BCUT2D eigenvalue weighted by Gasteiger charge is -2.53. The molecule has 0 bridgehead atoms. The number of carbonyl (C=O) groups is 5. The molecule has 6 rings (SSSR count). The van der Waals surface area contributed by atoms with Crippen LogP contribution < -0.4 is 20.7 Å². The molecule has 0 radical (unpaired) electrons. The van der Waals surface area contributed by atoms with Gasteiger partial charge in [0, 0.05) is 25.3 Å². The number of hydrogen-bond donors (Lipinski definition) is 0. The molecule has 2 heterocycles. The molecule has 2 saturated heterocycles. The number of allylic oxidation sites excluding steroid dienone is 1. The molecule has 0 unspecified atom stereocenters. The van der Waals surface area contributed by atoms with E-state index in [9.17, 15) is 14.4 Å². The number of imide groups is 1. The average Bonchev–Trinajstić information content (AvgIpc) is 3.68. The monoisotopic (exact) mass is 846 g/mol. The number of Topliss-reactive ketones (excluding diaryl/α,β-unsaturated/α-hetero) is 2. The molecule has 4 aromatic carbocycles. The highest BCUT2D eigenvalue weighted by Gasteiger charge is 2.56. The number of carbonyl (C=O) groups excluding carboxylic acids is 5. The maximum Gasteiger partial charge on any atom is 0.416 e. The van der Waals surface area contributed by atoms with Crippen LogP contribution in [0.25, 0.3) is 0 Å². The lowest BCUT2D eigenvalue weighted by Crippen LogP contribution is -2.69. The summed E-state index contributed by atoms with van der Waals surface area (Å²) in [5.41, 5.74) is 0.768. The number of cyclic esters (lactones) is 1. The van der Waals surface area contributed by atoms with E-state index in [0.717, 1.165) is 20.8 Å². The van der Waals surface area contributed by atoms with Crippen LogP contribution in [0.5, 0.6) is 5.75 Å². The number of amides is 3. The normalized spacial score (nSPS) is 17.4. The summed E-state index contributed by atoms with van der Waals surface area (Å²) in [7, 11) is -2.39. The highest BCUT2D eigenvalue weighted by atomic mass is 31.2. The molecule has 314 valence electrons. The molecule has 12 heteroatoms. The molecule has 60 heavy (non-hydrogen) atoms. The molecule has 0 aromatic heterocycles. The van der Waals surface area contributed by atoms with Crippen LogP contribution in [-0.2, 0) is 23.5 Å². The minimum absolute atomic E-state index is 0.0754. The largest absolute Gasteiger partial charge is 0.484 e. The first-order valence-electron chi connectivity index (χ1n) is 20.4. The summed E-state index contributed by atoms with van der Waals surface area (Å²) >= 11 is 0. The van der Waals surface area contributed by atoms with Gasteiger partial charge in [0.25, 0.3) is 5.91 Å². The van der Waals surface area contributed by atoms with Gasteiger partial charge in [0.15, 0.2) is 26.5 Å². The van der Waals surface area contributed by atoms with Crippen molar-refractivity contribution in [3.8, 4) is 5.75 Å². The van der Waals surface area contributed by atoms with Gasteiger partial charge in [0.1, 0.15) is 12.4 Å². The average molecular weight is 847 g/mol. The molecule has 3 amide bonds. The van der Waals surface area contributed by atoms with Gasteiger partial charge in [-0.2, -0.15) is 0 Å². The number of β-lactam (4-membered cyclic amide) rings is 1. The van der Waals surface area contributed by atoms with E-state index >= 15 is 9.59 Å². The van der Waals surface area contributed by atoms with Crippen molar-refractivity contribution in [1.29, 1.82) is 0 Å². The van der Waals surface area contributed by atoms with Crippen molar-refractivity contribution in [1.82, 2.24) is 9.80 Å². The lowest BCUT2D eigenvalue weighted by atomic mass is 9.79. The zero-order valence-corrected chi connectivity index (χ0v) is 37.2. The molecule has 2 aliphatic rings. The zero-order valence-electron chi connectivity index (χ0n) is 35.3. The number of likely N-dealkylation sites (tertiary alicyclic amines) is 1. The number of hydrogen-bond acceptors (Lipinski definition) is 8. The molecule has 0 saturated carbocycles. The Balaban J connectivity index is 1.49. The number of ether oxygens (including phenoxy) is 2. The van der Waals surface area contributed by atoms with E-state index in [1.807, 2.05) is 97.9 Å². The Labute approximate surface area is 354 Å². The van der Waals surface area contributed by atoms with E-state index in [4.69, 9.17) is 13.9 Å². The molecular formula is C48H55N2O8PSi. The van der Waals surface area contributed by atoms with Crippen LogP contribution in [0, 0.1) is 5.92 Å². The predicted molar refractivity (Wildman–Crippen MR) is 240 cm³/mol. The van der Waals surface area contributed by atoms with Gasteiger partial charge < -0.3 is 18.8 Å². The van der Waals surface area contributed by atoms with Crippen LogP contribution in [-0.4, -0.2) is 84.9 Å². The first-order valence-corrected chi connectivity index (χ1v) is 25.1. The van der Waals surface area contributed by atoms with Gasteiger partial charge in [0.2, 0.25) is 5.91 Å². The molecular weight excluding hydrogens is 792 g/mol. The predicted octanol–water partition coefficient (Wildman–Crippen LogP) is 7.51. The summed E-state index contributed by atoms with van der Waals surface area (Å²) < 4.78 is 17.4. The fourth-order valence-corrected chi connectivity index (χ4v) is 13.7. The first kappa shape index (κ1) is 44.2. The fraction of sp³-hybridized carbons (Fsp3) is 0.333. The van der Waals surface area contributed by atoms with Gasteiger partial charge in [-0.25, -0.2) is 9.69 Å². The van der Waals surface area contributed by atoms with Crippen LogP contribution >= 0.6 is 6.89 Å². The molecule has 0 N–H and O–H groups in total. The van der Waals surface area contributed by atoms with Gasteiger partial charge in [-0.05, 0) is 71.7 Å². The SMILES string of the molecule is C=CCCC(=O)C(N1C(=O)[C@H]([C@@H](C)O[Si](C)(C)C(C)(C)C)[C@H]1CC(=O)c1ccc(OCC(=O)N2CCOC2=O)cc1)=P(c1ccccc1)(c1ccccc1)c1ccccc1. The summed E-state index contributed by atoms with van der Waals surface area (Å²) in [6.45, 7) is 13.4. The quantitative estimate of drug-likeness (QED) is 0.0352. The topological polar surface area (TPSA) is 120 Å². The lowest BCUT2D eigenvalue weighted by molar-refractivity contribution is -0.154. The molecule has 4 aromatic rings. The van der Waals surface area contributed by atoms with Crippen LogP contribution in [0.3, 0.4) is 0 Å². The van der Waals surface area contributed by atoms with Crippen molar-refractivity contribution in [3.63, 3.8) is 0 Å². The van der Waals surface area contributed by atoms with Crippen molar-refractivity contribution in [2.24, 2.45) is 5.92 Å². The first-order chi connectivity index (χ1) is 28.6. The number of benzene rings is 4. The minimum atomic E-state index is -3.11. The summed E-state index contributed by atoms with van der Waals surface area (Å²) in [5, 5.41) is 2.59. The Hall–Kier alpha value is -5.35. The van der Waals surface area contributed by atoms with Gasteiger partial charge in [0.05, 0.1) is 30.0 Å². The highest BCUT2D eigenvalue weighted by molar-refractivity contribution is 7.96.